The van der Waals surface area contributed by atoms with Crippen molar-refractivity contribution in [2.24, 2.45) is 5.92 Å². The first-order valence-corrected chi connectivity index (χ1v) is 6.70. The van der Waals surface area contributed by atoms with Crippen molar-refractivity contribution in [1.82, 2.24) is 20.0 Å². The van der Waals surface area contributed by atoms with E-state index in [4.69, 9.17) is 0 Å². The van der Waals surface area contributed by atoms with E-state index in [1.54, 1.807) is 0 Å². The van der Waals surface area contributed by atoms with Gasteiger partial charge in [-0.05, 0) is 38.9 Å². The predicted octanol–water partition coefficient (Wildman–Crippen LogP) is 1.33. The minimum atomic E-state index is 0.825. The van der Waals surface area contributed by atoms with Gasteiger partial charge in [0.2, 0.25) is 0 Å². The zero-order chi connectivity index (χ0) is 12.1. The zero-order valence-corrected chi connectivity index (χ0v) is 11.0. The second kappa shape index (κ2) is 6.17. The van der Waals surface area contributed by atoms with Gasteiger partial charge in [-0.2, -0.15) is 5.10 Å². The molecule has 4 heteroatoms. The maximum Gasteiger partial charge on any atom is 0.0534 e. The minimum Gasteiger partial charge on any atom is -0.319 e. The zero-order valence-electron chi connectivity index (χ0n) is 11.0. The lowest BCUT2D eigenvalue weighted by Gasteiger charge is -2.14. The molecular weight excluding hydrogens is 212 g/mol. The van der Waals surface area contributed by atoms with Crippen molar-refractivity contribution in [3.05, 3.63) is 18.0 Å². The first-order chi connectivity index (χ1) is 8.31. The van der Waals surface area contributed by atoms with Gasteiger partial charge in [-0.3, -0.25) is 9.58 Å². The highest BCUT2D eigenvalue weighted by atomic mass is 15.3. The van der Waals surface area contributed by atoms with Gasteiger partial charge in [-0.1, -0.05) is 6.92 Å². The van der Waals surface area contributed by atoms with E-state index in [1.807, 2.05) is 13.2 Å². The molecule has 4 nitrogen and oxygen atoms in total. The van der Waals surface area contributed by atoms with Crippen LogP contribution in [0.1, 0.15) is 25.3 Å². The molecular formula is C13H24N4. The molecule has 0 aliphatic carbocycles. The maximum absolute atomic E-state index is 4.38. The summed E-state index contributed by atoms with van der Waals surface area (Å²) in [6.45, 7) is 7.87. The molecule has 1 N–H and O–H groups in total. The summed E-state index contributed by atoms with van der Waals surface area (Å²) in [7, 11) is 2.04. The van der Waals surface area contributed by atoms with Crippen molar-refractivity contribution < 1.29 is 0 Å². The van der Waals surface area contributed by atoms with Gasteiger partial charge in [0, 0.05) is 31.4 Å². The van der Waals surface area contributed by atoms with Crippen LogP contribution in [0.5, 0.6) is 0 Å². The van der Waals surface area contributed by atoms with Crippen LogP contribution in [0.15, 0.2) is 12.4 Å². The average molecular weight is 236 g/mol. The first-order valence-electron chi connectivity index (χ1n) is 6.70. The third kappa shape index (κ3) is 3.54. The van der Waals surface area contributed by atoms with E-state index < -0.39 is 0 Å². The van der Waals surface area contributed by atoms with Gasteiger partial charge in [-0.25, -0.2) is 0 Å². The highest BCUT2D eigenvalue weighted by Gasteiger charge is 2.21. The van der Waals surface area contributed by atoms with Gasteiger partial charge in [0.25, 0.3) is 0 Å². The van der Waals surface area contributed by atoms with Crippen LogP contribution in [0.4, 0.5) is 0 Å². The van der Waals surface area contributed by atoms with Crippen LogP contribution in [0, 0.1) is 5.92 Å². The van der Waals surface area contributed by atoms with Crippen molar-refractivity contribution in [2.75, 3.05) is 26.7 Å². The van der Waals surface area contributed by atoms with Crippen molar-refractivity contribution in [3.8, 4) is 0 Å². The Morgan fingerprint density at radius 2 is 2.41 bits per heavy atom. The molecule has 1 aliphatic heterocycles. The lowest BCUT2D eigenvalue weighted by molar-refractivity contribution is 0.315. The van der Waals surface area contributed by atoms with E-state index in [9.17, 15) is 0 Å². The molecule has 2 rings (SSSR count). The fourth-order valence-electron chi connectivity index (χ4n) is 2.61. The largest absolute Gasteiger partial charge is 0.319 e. The minimum absolute atomic E-state index is 0.825. The Morgan fingerprint density at radius 1 is 1.53 bits per heavy atom. The fourth-order valence-corrected chi connectivity index (χ4v) is 2.61. The summed E-state index contributed by atoms with van der Waals surface area (Å²) in [6.07, 6.45) is 6.68. The third-order valence-electron chi connectivity index (χ3n) is 3.41. The smallest absolute Gasteiger partial charge is 0.0534 e. The fraction of sp³-hybridized carbons (Fsp3) is 0.769. The van der Waals surface area contributed by atoms with Crippen molar-refractivity contribution in [2.45, 2.75) is 32.9 Å². The van der Waals surface area contributed by atoms with E-state index in [0.717, 1.165) is 32.0 Å². The SMILES string of the molecule is CCCn1cc(CN2CCC(CNC)C2)cn1. The highest BCUT2D eigenvalue weighted by molar-refractivity contribution is 5.04. The van der Waals surface area contributed by atoms with Crippen LogP contribution in [0.2, 0.25) is 0 Å². The molecule has 0 saturated carbocycles. The molecule has 0 radical (unpaired) electrons. The first kappa shape index (κ1) is 12.6. The van der Waals surface area contributed by atoms with E-state index >= 15 is 0 Å². The van der Waals surface area contributed by atoms with Crippen LogP contribution >= 0.6 is 0 Å². The van der Waals surface area contributed by atoms with E-state index in [2.05, 4.69) is 33.1 Å². The third-order valence-corrected chi connectivity index (χ3v) is 3.41. The molecule has 1 aromatic rings. The number of aryl methyl sites for hydroxylation is 1. The number of nitrogens with one attached hydrogen (secondary N) is 1. The van der Waals surface area contributed by atoms with Gasteiger partial charge in [-0.15, -0.1) is 0 Å². The number of nitrogens with zero attached hydrogens (tertiary/aromatic N) is 3. The van der Waals surface area contributed by atoms with Crippen molar-refractivity contribution in [3.63, 3.8) is 0 Å². The Bertz CT molecular complexity index is 334. The molecule has 96 valence electrons. The molecule has 1 aromatic heterocycles. The molecule has 0 bridgehead atoms. The highest BCUT2D eigenvalue weighted by Crippen LogP contribution is 2.17. The van der Waals surface area contributed by atoms with E-state index in [0.29, 0.717) is 0 Å². The van der Waals surface area contributed by atoms with Crippen molar-refractivity contribution in [1.29, 1.82) is 0 Å². The quantitative estimate of drug-likeness (QED) is 0.809. The molecule has 1 unspecified atom stereocenters. The Balaban J connectivity index is 1.80. The van der Waals surface area contributed by atoms with Gasteiger partial charge in [0.15, 0.2) is 0 Å². The summed E-state index contributed by atoms with van der Waals surface area (Å²) in [5.74, 6) is 0.825. The topological polar surface area (TPSA) is 33.1 Å². The number of hydrogen-bond donors (Lipinski definition) is 1. The lowest BCUT2D eigenvalue weighted by atomic mass is 10.1. The predicted molar refractivity (Wildman–Crippen MR) is 69.8 cm³/mol. The van der Waals surface area contributed by atoms with Crippen LogP contribution in [-0.2, 0) is 13.1 Å². The Morgan fingerprint density at radius 3 is 3.18 bits per heavy atom. The average Bonchev–Trinajstić information content (AvgIpc) is 2.91. The van der Waals surface area contributed by atoms with Crippen LogP contribution in [-0.4, -0.2) is 41.4 Å². The second-order valence-corrected chi connectivity index (χ2v) is 5.06. The molecule has 1 fully saturated rings. The number of likely N-dealkylation sites (tertiary alicyclic amines) is 1. The molecule has 0 aromatic carbocycles. The van der Waals surface area contributed by atoms with Crippen LogP contribution < -0.4 is 5.32 Å². The normalized spacial score (nSPS) is 21.2. The second-order valence-electron chi connectivity index (χ2n) is 5.06. The Hall–Kier alpha value is -0.870. The number of aromatic nitrogens is 2. The monoisotopic (exact) mass is 236 g/mol. The summed E-state index contributed by atoms with van der Waals surface area (Å²) >= 11 is 0. The lowest BCUT2D eigenvalue weighted by Crippen LogP contribution is -2.24. The molecule has 1 saturated heterocycles. The van der Waals surface area contributed by atoms with Gasteiger partial charge in [0.05, 0.1) is 6.20 Å². The summed E-state index contributed by atoms with van der Waals surface area (Å²) in [5, 5.41) is 7.65. The van der Waals surface area contributed by atoms with Gasteiger partial charge in [0.1, 0.15) is 0 Å². The van der Waals surface area contributed by atoms with Gasteiger partial charge < -0.3 is 5.32 Å². The van der Waals surface area contributed by atoms with E-state index in [-0.39, 0.29) is 0 Å². The maximum atomic E-state index is 4.38. The Labute approximate surface area is 104 Å². The summed E-state index contributed by atoms with van der Waals surface area (Å²) < 4.78 is 2.05. The molecule has 2 heterocycles. The molecule has 1 aliphatic rings. The van der Waals surface area contributed by atoms with E-state index in [1.165, 1.54) is 25.1 Å². The van der Waals surface area contributed by atoms with Crippen molar-refractivity contribution >= 4 is 0 Å². The molecule has 1 atom stereocenters. The summed E-state index contributed by atoms with van der Waals surface area (Å²) in [6, 6.07) is 0. The summed E-state index contributed by atoms with van der Waals surface area (Å²) in [4.78, 5) is 2.54. The molecule has 17 heavy (non-hydrogen) atoms. The standard InChI is InChI=1S/C13H24N4/c1-3-5-17-11-13(8-15-17)10-16-6-4-12(9-16)7-14-2/h8,11-12,14H,3-7,9-10H2,1-2H3. The van der Waals surface area contributed by atoms with Gasteiger partial charge >= 0.3 is 0 Å². The summed E-state index contributed by atoms with van der Waals surface area (Å²) in [5.41, 5.74) is 1.35. The van der Waals surface area contributed by atoms with Crippen LogP contribution in [0.25, 0.3) is 0 Å². The van der Waals surface area contributed by atoms with Crippen LogP contribution in [0.3, 0.4) is 0 Å². The molecule has 0 amide bonds. The number of rotatable bonds is 6. The number of hydrogen-bond acceptors (Lipinski definition) is 3. The Kier molecular flexibility index (Phi) is 4.57. The molecule has 0 spiro atoms.